The van der Waals surface area contributed by atoms with Crippen molar-refractivity contribution in [3.8, 4) is 0 Å². The van der Waals surface area contributed by atoms with Crippen molar-refractivity contribution in [3.63, 3.8) is 0 Å². The minimum absolute atomic E-state index is 0.308. The van der Waals surface area contributed by atoms with E-state index < -0.39 is 0 Å². The van der Waals surface area contributed by atoms with Crippen LogP contribution in [0.25, 0.3) is 0 Å². The van der Waals surface area contributed by atoms with Crippen molar-refractivity contribution in [2.45, 2.75) is 47.5 Å². The molecular weight excluding hydrogens is 182 g/mol. The summed E-state index contributed by atoms with van der Waals surface area (Å²) in [5, 5.41) is 0. The predicted molar refractivity (Wildman–Crippen MR) is 68.1 cm³/mol. The second-order valence-electron chi connectivity index (χ2n) is 6.67. The Bertz CT molecular complexity index is 214. The van der Waals surface area contributed by atoms with Crippen LogP contribution in [-0.4, -0.2) is 24.5 Å². The first-order valence-electron chi connectivity index (χ1n) is 6.21. The summed E-state index contributed by atoms with van der Waals surface area (Å²) in [6, 6.07) is 0. The molecule has 0 bridgehead atoms. The third-order valence-electron chi connectivity index (χ3n) is 2.86. The highest BCUT2D eigenvalue weighted by Crippen LogP contribution is 2.25. The maximum atomic E-state index is 2.59. The van der Waals surface area contributed by atoms with Gasteiger partial charge >= 0.3 is 0 Å². The van der Waals surface area contributed by atoms with E-state index in [1.807, 2.05) is 0 Å². The van der Waals surface area contributed by atoms with Crippen molar-refractivity contribution in [1.29, 1.82) is 0 Å². The molecule has 0 aromatic heterocycles. The summed E-state index contributed by atoms with van der Waals surface area (Å²) in [5.74, 6) is 0. The van der Waals surface area contributed by atoms with Gasteiger partial charge in [0.2, 0.25) is 0 Å². The van der Waals surface area contributed by atoms with Crippen molar-refractivity contribution in [2.75, 3.05) is 19.6 Å². The molecule has 1 nitrogen and oxygen atoms in total. The van der Waals surface area contributed by atoms with E-state index in [1.165, 1.54) is 32.5 Å². The van der Waals surface area contributed by atoms with Gasteiger partial charge in [-0.05, 0) is 36.8 Å². The zero-order chi connectivity index (χ0) is 11.5. The molecule has 0 aromatic carbocycles. The lowest BCUT2D eigenvalue weighted by Crippen LogP contribution is -2.31. The molecule has 0 spiro atoms. The summed E-state index contributed by atoms with van der Waals surface area (Å²) < 4.78 is 0. The standard InChI is InChI=1S/C14H27N/c1-13(2,3)8-9-14(4,5)12-15-10-6-7-11-15/h8-9H,6-7,10-12H2,1-5H3/b9-8+. The van der Waals surface area contributed by atoms with Gasteiger partial charge in [0.1, 0.15) is 0 Å². The molecule has 0 atom stereocenters. The van der Waals surface area contributed by atoms with Gasteiger partial charge in [0.25, 0.3) is 0 Å². The van der Waals surface area contributed by atoms with Gasteiger partial charge in [-0.2, -0.15) is 0 Å². The van der Waals surface area contributed by atoms with E-state index in [4.69, 9.17) is 0 Å². The van der Waals surface area contributed by atoms with Gasteiger partial charge in [0.15, 0.2) is 0 Å². The van der Waals surface area contributed by atoms with Gasteiger partial charge in [-0.25, -0.2) is 0 Å². The number of nitrogens with zero attached hydrogens (tertiary/aromatic N) is 1. The number of hydrogen-bond acceptors (Lipinski definition) is 1. The molecular formula is C14H27N. The average Bonchev–Trinajstić information content (AvgIpc) is 2.52. The van der Waals surface area contributed by atoms with E-state index in [-0.39, 0.29) is 0 Å². The van der Waals surface area contributed by atoms with Gasteiger partial charge in [-0.3, -0.25) is 0 Å². The summed E-state index contributed by atoms with van der Waals surface area (Å²) in [6.07, 6.45) is 7.52. The zero-order valence-corrected chi connectivity index (χ0v) is 11.1. The molecule has 0 N–H and O–H groups in total. The van der Waals surface area contributed by atoms with Crippen LogP contribution in [0.1, 0.15) is 47.5 Å². The van der Waals surface area contributed by atoms with Crippen LogP contribution in [0.4, 0.5) is 0 Å². The van der Waals surface area contributed by atoms with E-state index in [9.17, 15) is 0 Å². The molecule has 1 rings (SSSR count). The van der Waals surface area contributed by atoms with Crippen molar-refractivity contribution in [2.24, 2.45) is 10.8 Å². The number of hydrogen-bond donors (Lipinski definition) is 0. The molecule has 0 unspecified atom stereocenters. The van der Waals surface area contributed by atoms with Crippen molar-refractivity contribution in [1.82, 2.24) is 4.90 Å². The summed E-state index contributed by atoms with van der Waals surface area (Å²) >= 11 is 0. The zero-order valence-electron chi connectivity index (χ0n) is 11.1. The Hall–Kier alpha value is -0.300. The van der Waals surface area contributed by atoms with E-state index in [2.05, 4.69) is 51.7 Å². The SMILES string of the molecule is CC(C)(C)/C=C/C(C)(C)CN1CCCC1. The Morgan fingerprint density at radius 1 is 0.933 bits per heavy atom. The fraction of sp³-hybridized carbons (Fsp3) is 0.857. The molecule has 0 radical (unpaired) electrons. The van der Waals surface area contributed by atoms with Crippen LogP contribution in [-0.2, 0) is 0 Å². The second-order valence-corrected chi connectivity index (χ2v) is 6.67. The van der Waals surface area contributed by atoms with Gasteiger partial charge in [0, 0.05) is 6.54 Å². The maximum absolute atomic E-state index is 2.59. The second kappa shape index (κ2) is 4.69. The Morgan fingerprint density at radius 3 is 1.93 bits per heavy atom. The van der Waals surface area contributed by atoms with Gasteiger partial charge in [-0.1, -0.05) is 46.8 Å². The monoisotopic (exact) mass is 209 g/mol. The molecule has 1 heterocycles. The maximum Gasteiger partial charge on any atom is 0.00673 e. The highest BCUT2D eigenvalue weighted by molar-refractivity contribution is 5.01. The lowest BCUT2D eigenvalue weighted by molar-refractivity contribution is 0.250. The third kappa shape index (κ3) is 5.36. The van der Waals surface area contributed by atoms with Crippen LogP contribution in [0.3, 0.4) is 0 Å². The fourth-order valence-corrected chi connectivity index (χ4v) is 2.05. The molecule has 15 heavy (non-hydrogen) atoms. The normalized spacial score (nSPS) is 20.3. The van der Waals surface area contributed by atoms with Crippen LogP contribution >= 0.6 is 0 Å². The smallest absolute Gasteiger partial charge is 0.00673 e. The molecule has 0 amide bonds. The quantitative estimate of drug-likeness (QED) is 0.640. The lowest BCUT2D eigenvalue weighted by atomic mass is 9.87. The molecule has 0 aliphatic carbocycles. The minimum atomic E-state index is 0.308. The highest BCUT2D eigenvalue weighted by atomic mass is 15.1. The van der Waals surface area contributed by atoms with Crippen molar-refractivity contribution < 1.29 is 0 Å². The van der Waals surface area contributed by atoms with Crippen LogP contribution in [0.15, 0.2) is 12.2 Å². The molecule has 1 aliphatic heterocycles. The molecule has 0 saturated carbocycles. The topological polar surface area (TPSA) is 3.24 Å². The molecule has 1 heteroatoms. The molecule has 0 aromatic rings. The van der Waals surface area contributed by atoms with E-state index in [0.29, 0.717) is 10.8 Å². The Morgan fingerprint density at radius 2 is 1.47 bits per heavy atom. The number of likely N-dealkylation sites (tertiary alicyclic amines) is 1. The molecule has 1 fully saturated rings. The predicted octanol–water partition coefficient (Wildman–Crippen LogP) is 3.71. The largest absolute Gasteiger partial charge is 0.302 e. The lowest BCUT2D eigenvalue weighted by Gasteiger charge is -2.28. The van der Waals surface area contributed by atoms with E-state index >= 15 is 0 Å². The van der Waals surface area contributed by atoms with E-state index in [0.717, 1.165) is 0 Å². The van der Waals surface area contributed by atoms with Gasteiger partial charge in [0.05, 0.1) is 0 Å². The Labute approximate surface area is 95.5 Å². The van der Waals surface area contributed by atoms with Crippen molar-refractivity contribution >= 4 is 0 Å². The van der Waals surface area contributed by atoms with Crippen LogP contribution < -0.4 is 0 Å². The first-order valence-corrected chi connectivity index (χ1v) is 6.21. The first-order chi connectivity index (χ1) is 6.79. The highest BCUT2D eigenvalue weighted by Gasteiger charge is 2.21. The van der Waals surface area contributed by atoms with Gasteiger partial charge in [-0.15, -0.1) is 0 Å². The molecule has 1 saturated heterocycles. The van der Waals surface area contributed by atoms with Crippen LogP contribution in [0.2, 0.25) is 0 Å². The fourth-order valence-electron chi connectivity index (χ4n) is 2.05. The summed E-state index contributed by atoms with van der Waals surface area (Å²) in [4.78, 5) is 2.59. The Kier molecular flexibility index (Phi) is 3.99. The van der Waals surface area contributed by atoms with Crippen LogP contribution in [0.5, 0.6) is 0 Å². The minimum Gasteiger partial charge on any atom is -0.302 e. The Balaban J connectivity index is 2.47. The van der Waals surface area contributed by atoms with Gasteiger partial charge < -0.3 is 4.90 Å². The average molecular weight is 209 g/mol. The first kappa shape index (κ1) is 12.8. The molecule has 1 aliphatic rings. The summed E-state index contributed by atoms with van der Waals surface area (Å²) in [6.45, 7) is 15.3. The van der Waals surface area contributed by atoms with Crippen molar-refractivity contribution in [3.05, 3.63) is 12.2 Å². The number of allylic oxidation sites excluding steroid dienone is 1. The number of rotatable bonds is 3. The third-order valence-corrected chi connectivity index (χ3v) is 2.86. The molecule has 88 valence electrons. The van der Waals surface area contributed by atoms with E-state index in [1.54, 1.807) is 0 Å². The summed E-state index contributed by atoms with van der Waals surface area (Å²) in [7, 11) is 0. The van der Waals surface area contributed by atoms with Crippen LogP contribution in [0, 0.1) is 10.8 Å². The summed E-state index contributed by atoms with van der Waals surface area (Å²) in [5.41, 5.74) is 0.625.